The van der Waals surface area contributed by atoms with E-state index < -0.39 is 69.5 Å². The van der Waals surface area contributed by atoms with Crippen LogP contribution >= 0.6 is 0 Å². The number of rotatable bonds is 4. The van der Waals surface area contributed by atoms with Gasteiger partial charge < -0.3 is 4.90 Å². The molecule has 30 heavy (non-hydrogen) atoms. The van der Waals surface area contributed by atoms with E-state index in [9.17, 15) is 43.9 Å². The van der Waals surface area contributed by atoms with Gasteiger partial charge in [0.1, 0.15) is 11.4 Å². The van der Waals surface area contributed by atoms with Gasteiger partial charge in [-0.2, -0.15) is 0 Å². The minimum absolute atomic E-state index is 0.134. The molecule has 0 unspecified atom stereocenters. The third-order valence-corrected chi connectivity index (χ3v) is 3.93. The quantitative estimate of drug-likeness (QED) is 0.258. The Morgan fingerprint density at radius 2 is 0.733 bits per heavy atom. The molecule has 0 aromatic heterocycles. The summed E-state index contributed by atoms with van der Waals surface area (Å²) in [5.41, 5.74) is -4.03. The van der Waals surface area contributed by atoms with E-state index >= 15 is 0 Å². The molecular weight excluding hydrogens is 432 g/mol. The first kappa shape index (κ1) is 21.5. The summed E-state index contributed by atoms with van der Waals surface area (Å²) in [7, 11) is 0. The number of hydrogen-bond acceptors (Lipinski definition) is 1. The predicted octanol–water partition coefficient (Wildman–Crippen LogP) is 6.43. The largest absolute Gasteiger partial charge is 0.321 e. The van der Waals surface area contributed by atoms with Crippen molar-refractivity contribution in [1.29, 1.82) is 0 Å². The molecule has 0 bridgehead atoms. The van der Waals surface area contributed by atoms with Gasteiger partial charge in [-0.25, -0.2) is 43.9 Å². The maximum Gasteiger partial charge on any atom is 0.200 e. The van der Waals surface area contributed by atoms with Crippen molar-refractivity contribution in [3.8, 4) is 0 Å². The van der Waals surface area contributed by atoms with Crippen molar-refractivity contribution in [3.63, 3.8) is 0 Å². The Balaban J connectivity index is 2.39. The zero-order valence-corrected chi connectivity index (χ0v) is 14.2. The van der Waals surface area contributed by atoms with E-state index in [1.807, 2.05) is 0 Å². The van der Waals surface area contributed by atoms with E-state index in [4.69, 9.17) is 0 Å². The van der Waals surface area contributed by atoms with Crippen molar-refractivity contribution in [2.75, 3.05) is 4.90 Å². The normalized spacial score (nSPS) is 11.1. The Kier molecular flexibility index (Phi) is 5.64. The Morgan fingerprint density at radius 3 is 1.07 bits per heavy atom. The van der Waals surface area contributed by atoms with Gasteiger partial charge in [0.15, 0.2) is 46.5 Å². The molecule has 157 valence electrons. The molecule has 0 atom stereocenters. The number of anilines is 2. The lowest BCUT2D eigenvalue weighted by atomic mass is 10.1. The van der Waals surface area contributed by atoms with E-state index in [0.717, 1.165) is 0 Å². The second-order valence-electron chi connectivity index (χ2n) is 5.75. The van der Waals surface area contributed by atoms with Crippen LogP contribution in [0.5, 0.6) is 0 Å². The van der Waals surface area contributed by atoms with E-state index in [1.165, 1.54) is 30.3 Å². The summed E-state index contributed by atoms with van der Waals surface area (Å²) in [6.45, 7) is 0.441. The highest BCUT2D eigenvalue weighted by atomic mass is 19.2. The van der Waals surface area contributed by atoms with Gasteiger partial charge in [0.05, 0.1) is 6.54 Å². The molecule has 0 amide bonds. The molecule has 0 aliphatic rings. The highest BCUT2D eigenvalue weighted by Crippen LogP contribution is 2.40. The maximum atomic E-state index is 14.3. The van der Waals surface area contributed by atoms with E-state index in [0.29, 0.717) is 6.54 Å². The van der Waals surface area contributed by atoms with Crippen LogP contribution in [0.1, 0.15) is 5.56 Å². The standard InChI is InChI=1S/C19H6F10N/c20-8-10(22)14(26)18(15(27)11(8)23)30(6-7-4-2-1-3-5-7)19-16(28)12(24)9(21)13(25)17(19)29/h1-6H. The Morgan fingerprint density at radius 1 is 0.433 bits per heavy atom. The van der Waals surface area contributed by atoms with Crippen molar-refractivity contribution >= 4 is 11.4 Å². The predicted molar refractivity (Wildman–Crippen MR) is 84.4 cm³/mol. The van der Waals surface area contributed by atoms with E-state index in [2.05, 4.69) is 0 Å². The molecule has 11 heteroatoms. The fourth-order valence-corrected chi connectivity index (χ4v) is 2.54. The number of halogens is 10. The fraction of sp³-hybridized carbons (Fsp3) is 0. The summed E-state index contributed by atoms with van der Waals surface area (Å²) < 4.78 is 138. The molecule has 3 aromatic carbocycles. The molecule has 0 aliphatic carbocycles. The molecule has 1 radical (unpaired) electrons. The summed E-state index contributed by atoms with van der Waals surface area (Å²) in [6, 6.07) is 6.43. The third-order valence-electron chi connectivity index (χ3n) is 3.93. The van der Waals surface area contributed by atoms with Crippen LogP contribution in [0, 0.1) is 64.7 Å². The number of nitrogens with zero attached hydrogens (tertiary/aromatic N) is 1. The van der Waals surface area contributed by atoms with Gasteiger partial charge in [-0.05, 0) is 5.56 Å². The first-order valence-corrected chi connectivity index (χ1v) is 7.79. The Bertz CT molecular complexity index is 1000. The van der Waals surface area contributed by atoms with Gasteiger partial charge in [-0.15, -0.1) is 0 Å². The second kappa shape index (κ2) is 7.88. The van der Waals surface area contributed by atoms with Gasteiger partial charge in [0.2, 0.25) is 11.6 Å². The molecule has 0 saturated heterocycles. The molecule has 0 spiro atoms. The van der Waals surface area contributed by atoms with Gasteiger partial charge >= 0.3 is 0 Å². The first-order chi connectivity index (χ1) is 14.1. The monoisotopic (exact) mass is 438 g/mol. The van der Waals surface area contributed by atoms with Crippen LogP contribution in [0.3, 0.4) is 0 Å². The van der Waals surface area contributed by atoms with Crippen LogP contribution in [0.2, 0.25) is 0 Å². The molecule has 0 fully saturated rings. The van der Waals surface area contributed by atoms with Crippen LogP contribution in [0.4, 0.5) is 55.3 Å². The average molecular weight is 438 g/mol. The lowest BCUT2D eigenvalue weighted by Gasteiger charge is -2.27. The van der Waals surface area contributed by atoms with Gasteiger partial charge in [0, 0.05) is 0 Å². The summed E-state index contributed by atoms with van der Waals surface area (Å²) in [6.07, 6.45) is 0. The smallest absolute Gasteiger partial charge is 0.200 e. The summed E-state index contributed by atoms with van der Waals surface area (Å²) in [5, 5.41) is 0. The topological polar surface area (TPSA) is 3.24 Å². The highest BCUT2D eigenvalue weighted by molar-refractivity contribution is 5.69. The van der Waals surface area contributed by atoms with Crippen molar-refractivity contribution in [2.45, 2.75) is 0 Å². The van der Waals surface area contributed by atoms with Crippen molar-refractivity contribution in [3.05, 3.63) is 101 Å². The van der Waals surface area contributed by atoms with Gasteiger partial charge in [0.25, 0.3) is 0 Å². The van der Waals surface area contributed by atoms with E-state index in [1.54, 1.807) is 0 Å². The molecule has 3 rings (SSSR count). The fourth-order valence-electron chi connectivity index (χ4n) is 2.54. The van der Waals surface area contributed by atoms with Crippen LogP contribution in [-0.4, -0.2) is 0 Å². The Labute approximate surface area is 161 Å². The van der Waals surface area contributed by atoms with Crippen LogP contribution in [-0.2, 0) is 0 Å². The molecule has 0 heterocycles. The van der Waals surface area contributed by atoms with Crippen LogP contribution in [0.15, 0.2) is 30.3 Å². The molecular formula is C19H6F10N. The summed E-state index contributed by atoms with van der Waals surface area (Å²) in [4.78, 5) is -0.331. The van der Waals surface area contributed by atoms with E-state index in [-0.39, 0.29) is 10.5 Å². The molecule has 0 N–H and O–H groups in total. The highest BCUT2D eigenvalue weighted by Gasteiger charge is 2.35. The minimum Gasteiger partial charge on any atom is -0.321 e. The van der Waals surface area contributed by atoms with Gasteiger partial charge in [-0.3, -0.25) is 0 Å². The van der Waals surface area contributed by atoms with Gasteiger partial charge in [-0.1, -0.05) is 30.3 Å². The SMILES string of the molecule is Fc1c(F)c(F)c(N([CH]c2ccccc2)c2c(F)c(F)c(F)c(F)c2F)c(F)c1F. The Hall–Kier alpha value is -3.24. The van der Waals surface area contributed by atoms with Crippen molar-refractivity contribution < 1.29 is 43.9 Å². The number of benzene rings is 3. The minimum atomic E-state index is -2.58. The second-order valence-corrected chi connectivity index (χ2v) is 5.75. The number of hydrogen-bond donors (Lipinski definition) is 0. The zero-order chi connectivity index (χ0) is 22.3. The summed E-state index contributed by atoms with van der Waals surface area (Å²) in [5.74, 6) is -25.3. The van der Waals surface area contributed by atoms with Crippen molar-refractivity contribution in [1.82, 2.24) is 0 Å². The van der Waals surface area contributed by atoms with Crippen molar-refractivity contribution in [2.24, 2.45) is 0 Å². The average Bonchev–Trinajstić information content (AvgIpc) is 2.74. The first-order valence-electron chi connectivity index (χ1n) is 7.79. The van der Waals surface area contributed by atoms with Crippen LogP contribution < -0.4 is 4.90 Å². The molecule has 0 saturated carbocycles. The molecule has 1 nitrogen and oxygen atoms in total. The maximum absolute atomic E-state index is 14.3. The summed E-state index contributed by atoms with van der Waals surface area (Å²) >= 11 is 0. The zero-order valence-electron chi connectivity index (χ0n) is 14.2. The van der Waals surface area contributed by atoms with Crippen LogP contribution in [0.25, 0.3) is 0 Å². The molecule has 0 aliphatic heterocycles. The lowest BCUT2D eigenvalue weighted by Crippen LogP contribution is -2.23. The molecule has 3 aromatic rings. The lowest BCUT2D eigenvalue weighted by molar-refractivity contribution is 0.374. The third kappa shape index (κ3) is 3.33.